The number of carbonyl (C=O) groups excluding carboxylic acids is 2. The second-order valence-corrected chi connectivity index (χ2v) is 7.87. The number of amides is 2. The van der Waals surface area contributed by atoms with Crippen LogP contribution in [0.25, 0.3) is 0 Å². The number of fused-ring (bicyclic) bond motifs is 1. The van der Waals surface area contributed by atoms with Gasteiger partial charge < -0.3 is 9.80 Å². The highest BCUT2D eigenvalue weighted by Gasteiger charge is 2.37. The zero-order valence-electron chi connectivity index (χ0n) is 14.7. The molecule has 1 unspecified atom stereocenters. The average Bonchev–Trinajstić information content (AvgIpc) is 3.09. The van der Waals surface area contributed by atoms with Crippen LogP contribution in [-0.2, 0) is 16.0 Å². The molecule has 1 saturated heterocycles. The van der Waals surface area contributed by atoms with Gasteiger partial charge in [-0.05, 0) is 36.0 Å². The first-order valence-electron chi connectivity index (χ1n) is 8.84. The topological polar surface area (TPSA) is 40.6 Å². The lowest BCUT2D eigenvalue weighted by Gasteiger charge is -2.34. The van der Waals surface area contributed by atoms with Crippen LogP contribution in [-0.4, -0.2) is 40.9 Å². The summed E-state index contributed by atoms with van der Waals surface area (Å²) in [5, 5.41) is 0. The Morgan fingerprint density at radius 1 is 1.33 bits per heavy atom. The number of hydrogen-bond donors (Lipinski definition) is 0. The number of anilines is 1. The molecular weight excluding hydrogens is 320 g/mol. The molecule has 1 aromatic carbocycles. The summed E-state index contributed by atoms with van der Waals surface area (Å²) in [5.41, 5.74) is 3.62. The lowest BCUT2D eigenvalue weighted by atomic mass is 9.94. The highest BCUT2D eigenvalue weighted by molar-refractivity contribution is 7.99. The number of carbonyl (C=O) groups is 2. The average molecular weight is 346 g/mol. The summed E-state index contributed by atoms with van der Waals surface area (Å²) in [6, 6.07) is 6.17. The zero-order chi connectivity index (χ0) is 17.3. The first-order chi connectivity index (χ1) is 11.5. The van der Waals surface area contributed by atoms with E-state index >= 15 is 0 Å². The second kappa shape index (κ2) is 7.18. The minimum atomic E-state index is -0.307. The van der Waals surface area contributed by atoms with E-state index in [1.807, 2.05) is 11.8 Å². The molecule has 2 aliphatic rings. The lowest BCUT2D eigenvalue weighted by molar-refractivity contribution is -0.136. The molecular formula is C19H26N2O2S. The van der Waals surface area contributed by atoms with E-state index in [1.165, 1.54) is 11.1 Å². The fraction of sp³-hybridized carbons (Fsp3) is 0.579. The van der Waals surface area contributed by atoms with Gasteiger partial charge in [0.25, 0.3) is 5.91 Å². The molecule has 1 atom stereocenters. The predicted molar refractivity (Wildman–Crippen MR) is 99.5 cm³/mol. The Hall–Kier alpha value is -1.49. The van der Waals surface area contributed by atoms with E-state index in [2.05, 4.69) is 32.0 Å². The maximum absolute atomic E-state index is 13.1. The molecule has 0 aromatic heterocycles. The maximum Gasteiger partial charge on any atom is 0.250 e. The standard InChI is InChI=1S/C19H26N2O2S/c1-4-18(22)21-12-24-11-17(21)19(23)20-9-5-6-15-10-14(13(2)3)7-8-16(15)20/h7-8,10,13,17H,4-6,9,11-12H2,1-3H3. The van der Waals surface area contributed by atoms with Crippen molar-refractivity contribution in [2.45, 2.75) is 52.0 Å². The van der Waals surface area contributed by atoms with Crippen LogP contribution >= 0.6 is 11.8 Å². The minimum Gasteiger partial charge on any atom is -0.321 e. The highest BCUT2D eigenvalue weighted by atomic mass is 32.2. The van der Waals surface area contributed by atoms with Crippen molar-refractivity contribution >= 4 is 29.3 Å². The Morgan fingerprint density at radius 2 is 2.12 bits per heavy atom. The fourth-order valence-corrected chi connectivity index (χ4v) is 4.65. The van der Waals surface area contributed by atoms with Crippen LogP contribution in [0, 0.1) is 0 Å². The van der Waals surface area contributed by atoms with E-state index in [4.69, 9.17) is 0 Å². The van der Waals surface area contributed by atoms with Crippen LogP contribution in [0.1, 0.15) is 50.7 Å². The van der Waals surface area contributed by atoms with Crippen LogP contribution in [0.15, 0.2) is 18.2 Å². The Balaban J connectivity index is 1.86. The Labute approximate surface area is 148 Å². The Bertz CT molecular complexity index is 644. The molecule has 4 nitrogen and oxygen atoms in total. The van der Waals surface area contributed by atoms with Crippen molar-refractivity contribution in [1.29, 1.82) is 0 Å². The van der Waals surface area contributed by atoms with Crippen LogP contribution in [0.2, 0.25) is 0 Å². The number of aryl methyl sites for hydroxylation is 1. The summed E-state index contributed by atoms with van der Waals surface area (Å²) in [7, 11) is 0. The molecule has 0 radical (unpaired) electrons. The van der Waals surface area contributed by atoms with Crippen LogP contribution in [0.3, 0.4) is 0 Å². The van der Waals surface area contributed by atoms with Gasteiger partial charge in [-0.2, -0.15) is 0 Å². The van der Waals surface area contributed by atoms with Gasteiger partial charge >= 0.3 is 0 Å². The number of thioether (sulfide) groups is 1. The van der Waals surface area contributed by atoms with Crippen LogP contribution < -0.4 is 4.90 Å². The summed E-state index contributed by atoms with van der Waals surface area (Å²) in [4.78, 5) is 28.9. The molecule has 0 aliphatic carbocycles. The molecule has 1 fully saturated rings. The van der Waals surface area contributed by atoms with Crippen molar-refractivity contribution in [3.8, 4) is 0 Å². The third-order valence-corrected chi connectivity index (χ3v) is 5.96. The molecule has 2 heterocycles. The van der Waals surface area contributed by atoms with E-state index in [-0.39, 0.29) is 17.9 Å². The van der Waals surface area contributed by atoms with Gasteiger partial charge in [0.05, 0.1) is 5.88 Å². The number of benzene rings is 1. The quantitative estimate of drug-likeness (QED) is 0.842. The fourth-order valence-electron chi connectivity index (χ4n) is 3.48. The van der Waals surface area contributed by atoms with Gasteiger partial charge in [0.2, 0.25) is 5.91 Å². The molecule has 0 N–H and O–H groups in total. The van der Waals surface area contributed by atoms with E-state index in [9.17, 15) is 9.59 Å². The SMILES string of the molecule is CCC(=O)N1CSCC1C(=O)N1CCCc2cc(C(C)C)ccc21. The third kappa shape index (κ3) is 3.18. The number of nitrogens with zero attached hydrogens (tertiary/aromatic N) is 2. The van der Waals surface area contributed by atoms with Gasteiger partial charge in [-0.1, -0.05) is 32.9 Å². The van der Waals surface area contributed by atoms with Gasteiger partial charge in [0.1, 0.15) is 6.04 Å². The van der Waals surface area contributed by atoms with E-state index in [1.54, 1.807) is 16.7 Å². The van der Waals surface area contributed by atoms with Crippen LogP contribution in [0.4, 0.5) is 5.69 Å². The second-order valence-electron chi connectivity index (χ2n) is 6.87. The summed E-state index contributed by atoms with van der Waals surface area (Å²) in [6.45, 7) is 6.99. The molecule has 5 heteroatoms. The summed E-state index contributed by atoms with van der Waals surface area (Å²) >= 11 is 1.67. The molecule has 24 heavy (non-hydrogen) atoms. The third-order valence-electron chi connectivity index (χ3n) is 4.95. The number of rotatable bonds is 3. The first kappa shape index (κ1) is 17.3. The zero-order valence-corrected chi connectivity index (χ0v) is 15.6. The van der Waals surface area contributed by atoms with Crippen molar-refractivity contribution in [3.63, 3.8) is 0 Å². The molecule has 0 saturated carbocycles. The van der Waals surface area contributed by atoms with Crippen molar-refractivity contribution in [2.24, 2.45) is 0 Å². The smallest absolute Gasteiger partial charge is 0.250 e. The molecule has 0 bridgehead atoms. The van der Waals surface area contributed by atoms with Crippen molar-refractivity contribution in [1.82, 2.24) is 4.90 Å². The molecule has 2 amide bonds. The van der Waals surface area contributed by atoms with Gasteiger partial charge in [-0.3, -0.25) is 9.59 Å². The van der Waals surface area contributed by atoms with E-state index in [0.717, 1.165) is 25.1 Å². The van der Waals surface area contributed by atoms with Gasteiger partial charge in [-0.25, -0.2) is 0 Å². The van der Waals surface area contributed by atoms with E-state index in [0.29, 0.717) is 24.0 Å². The first-order valence-corrected chi connectivity index (χ1v) is 9.99. The largest absolute Gasteiger partial charge is 0.321 e. The predicted octanol–water partition coefficient (Wildman–Crippen LogP) is 3.40. The summed E-state index contributed by atoms with van der Waals surface area (Å²) in [5.74, 6) is 1.99. The number of hydrogen-bond acceptors (Lipinski definition) is 3. The lowest BCUT2D eigenvalue weighted by Crippen LogP contribution is -2.50. The molecule has 2 aliphatic heterocycles. The van der Waals surface area contributed by atoms with E-state index < -0.39 is 0 Å². The minimum absolute atomic E-state index is 0.0748. The molecule has 130 valence electrons. The normalized spacial score (nSPS) is 20.4. The van der Waals surface area contributed by atoms with Crippen molar-refractivity contribution < 1.29 is 9.59 Å². The van der Waals surface area contributed by atoms with Crippen molar-refractivity contribution in [3.05, 3.63) is 29.3 Å². The van der Waals surface area contributed by atoms with Gasteiger partial charge in [0, 0.05) is 24.4 Å². The van der Waals surface area contributed by atoms with Crippen molar-refractivity contribution in [2.75, 3.05) is 23.1 Å². The molecule has 0 spiro atoms. The Morgan fingerprint density at radius 3 is 2.83 bits per heavy atom. The van der Waals surface area contributed by atoms with Gasteiger partial charge in [-0.15, -0.1) is 11.8 Å². The molecule has 1 aromatic rings. The summed E-state index contributed by atoms with van der Waals surface area (Å²) < 4.78 is 0. The highest BCUT2D eigenvalue weighted by Crippen LogP contribution is 2.32. The molecule has 3 rings (SSSR count). The Kier molecular flexibility index (Phi) is 5.18. The monoisotopic (exact) mass is 346 g/mol. The maximum atomic E-state index is 13.1. The van der Waals surface area contributed by atoms with Crippen LogP contribution in [0.5, 0.6) is 0 Å². The van der Waals surface area contributed by atoms with Gasteiger partial charge in [0.15, 0.2) is 0 Å². The summed E-state index contributed by atoms with van der Waals surface area (Å²) in [6.07, 6.45) is 2.47.